The van der Waals surface area contributed by atoms with Gasteiger partial charge in [-0.1, -0.05) is 23.7 Å². The van der Waals surface area contributed by atoms with Gasteiger partial charge in [-0.3, -0.25) is 0 Å². The number of para-hydroxylation sites is 1. The van der Waals surface area contributed by atoms with Crippen LogP contribution in [0.15, 0.2) is 39.6 Å². The molecule has 1 aromatic rings. The summed E-state index contributed by atoms with van der Waals surface area (Å²) in [6, 6.07) is 6.64. The minimum atomic E-state index is -4.11. The largest absolute Gasteiger partial charge is 0.486 e. The van der Waals surface area contributed by atoms with Crippen LogP contribution in [0.5, 0.6) is 5.75 Å². The van der Waals surface area contributed by atoms with Crippen LogP contribution in [0.1, 0.15) is 0 Å². The average Bonchev–Trinajstić information content (AvgIpc) is 2.63. The maximum atomic E-state index is 11.4. The molecule has 1 N–H and O–H groups in total. The number of hydrogen-bond acceptors (Lipinski definition) is 4. The van der Waals surface area contributed by atoms with Crippen LogP contribution in [0, 0.1) is 0 Å². The second-order valence-electron chi connectivity index (χ2n) is 3.59. The van der Waals surface area contributed by atoms with E-state index < -0.39 is 20.9 Å². The Bertz CT molecular complexity index is 693. The lowest BCUT2D eigenvalue weighted by Crippen LogP contribution is -2.08. The highest BCUT2D eigenvalue weighted by atomic mass is 35.5. The average molecular weight is 302 g/mol. The van der Waals surface area contributed by atoms with Crippen molar-refractivity contribution in [1.82, 2.24) is 0 Å². The molecule has 2 rings (SSSR count). The van der Waals surface area contributed by atoms with Gasteiger partial charge in [0.2, 0.25) is 0 Å². The fraction of sp³-hybridized carbons (Fsp3) is 0.0909. The fourth-order valence-electron chi connectivity index (χ4n) is 1.41. The molecule has 6 nitrogen and oxygen atoms in total. The van der Waals surface area contributed by atoms with E-state index in [4.69, 9.17) is 21.4 Å². The Morgan fingerprint density at radius 1 is 1.37 bits per heavy atom. The highest BCUT2D eigenvalue weighted by molar-refractivity contribution is 7.95. The molecule has 19 heavy (non-hydrogen) atoms. The predicted molar refractivity (Wildman–Crippen MR) is 69.0 cm³/mol. The molecule has 8 heteroatoms. The number of rotatable bonds is 4. The molecule has 1 aliphatic rings. The Hall–Kier alpha value is -1.86. The van der Waals surface area contributed by atoms with Crippen molar-refractivity contribution in [2.24, 2.45) is 4.40 Å². The molecule has 0 atom stereocenters. The van der Waals surface area contributed by atoms with Gasteiger partial charge in [0, 0.05) is 0 Å². The number of hydrogen-bond donors (Lipinski definition) is 1. The van der Waals surface area contributed by atoms with Gasteiger partial charge >= 0.3 is 5.97 Å². The maximum Gasteiger partial charge on any atom is 0.349 e. The molecule has 0 aliphatic carbocycles. The molecule has 0 spiro atoms. The zero-order valence-corrected chi connectivity index (χ0v) is 11.0. The predicted octanol–water partition coefficient (Wildman–Crippen LogP) is 1.47. The Morgan fingerprint density at radius 2 is 2.05 bits per heavy atom. The van der Waals surface area contributed by atoms with E-state index >= 15 is 0 Å². The molecular weight excluding hydrogens is 294 g/mol. The summed E-state index contributed by atoms with van der Waals surface area (Å²) in [5, 5.41) is 9.08. The van der Waals surface area contributed by atoms with Crippen LogP contribution in [0.4, 0.5) is 0 Å². The van der Waals surface area contributed by atoms with E-state index in [0.717, 1.165) is 6.08 Å². The molecule has 0 amide bonds. The highest BCUT2D eigenvalue weighted by Gasteiger charge is 2.30. The molecule has 0 saturated carbocycles. The van der Waals surface area contributed by atoms with Crippen molar-refractivity contribution in [3.05, 3.63) is 40.3 Å². The van der Waals surface area contributed by atoms with Crippen LogP contribution >= 0.6 is 11.6 Å². The third kappa shape index (κ3) is 2.94. The Balaban J connectivity index is 2.15. The molecular formula is C11H8ClNO5S. The van der Waals surface area contributed by atoms with E-state index in [9.17, 15) is 13.2 Å². The normalized spacial score (nSPS) is 16.7. The number of halogens is 1. The van der Waals surface area contributed by atoms with Crippen LogP contribution < -0.4 is 4.74 Å². The standard InChI is InChI=1S/C11H8ClNO5S/c12-8-3-1-2-4-9(8)18-6-7-5-10(11(14)15)19(16,17)13-7/h1-5H,6H2,(H,14,15). The lowest BCUT2D eigenvalue weighted by Gasteiger charge is -2.05. The van der Waals surface area contributed by atoms with Gasteiger partial charge in [0.05, 0.1) is 10.7 Å². The Morgan fingerprint density at radius 3 is 2.63 bits per heavy atom. The van der Waals surface area contributed by atoms with E-state index in [1.807, 2.05) is 0 Å². The zero-order valence-electron chi connectivity index (χ0n) is 9.41. The molecule has 1 aromatic carbocycles. The number of nitrogens with zero attached hydrogens (tertiary/aromatic N) is 1. The Labute approximate surface area is 114 Å². The van der Waals surface area contributed by atoms with Crippen molar-refractivity contribution in [2.45, 2.75) is 0 Å². The third-order valence-electron chi connectivity index (χ3n) is 2.24. The van der Waals surface area contributed by atoms with Gasteiger partial charge in [0.1, 0.15) is 12.4 Å². The quantitative estimate of drug-likeness (QED) is 0.909. The molecule has 0 saturated heterocycles. The first-order valence-electron chi connectivity index (χ1n) is 5.06. The van der Waals surface area contributed by atoms with Crippen molar-refractivity contribution in [1.29, 1.82) is 0 Å². The number of carboxylic acid groups (broad SMARTS) is 1. The first-order chi connectivity index (χ1) is 8.90. The van der Waals surface area contributed by atoms with Crippen molar-refractivity contribution in [3.8, 4) is 5.75 Å². The molecule has 1 aliphatic heterocycles. The van der Waals surface area contributed by atoms with Crippen LogP contribution in [-0.2, 0) is 14.8 Å². The summed E-state index contributed by atoms with van der Waals surface area (Å²) in [5.74, 6) is -1.18. The van der Waals surface area contributed by atoms with Crippen LogP contribution in [0.3, 0.4) is 0 Å². The summed E-state index contributed by atoms with van der Waals surface area (Å²) in [7, 11) is -4.11. The molecule has 0 unspecified atom stereocenters. The number of carbonyl (C=O) groups is 1. The number of benzene rings is 1. The van der Waals surface area contributed by atoms with Crippen LogP contribution in [0.25, 0.3) is 0 Å². The number of aliphatic carboxylic acids is 1. The zero-order chi connectivity index (χ0) is 14.0. The maximum absolute atomic E-state index is 11.4. The third-order valence-corrected chi connectivity index (χ3v) is 3.87. The molecule has 100 valence electrons. The van der Waals surface area contributed by atoms with Crippen molar-refractivity contribution < 1.29 is 23.1 Å². The molecule has 0 bridgehead atoms. The summed E-state index contributed by atoms with van der Waals surface area (Å²) in [6.07, 6.45) is 0.967. The first-order valence-corrected chi connectivity index (χ1v) is 6.88. The summed E-state index contributed by atoms with van der Waals surface area (Å²) in [6.45, 7) is -0.181. The molecule has 0 aromatic heterocycles. The Kier molecular flexibility index (Phi) is 3.59. The number of sulfonamides is 1. The van der Waals surface area contributed by atoms with Gasteiger partial charge in [0.15, 0.2) is 4.91 Å². The van der Waals surface area contributed by atoms with Gasteiger partial charge in [-0.05, 0) is 18.2 Å². The van der Waals surface area contributed by atoms with E-state index in [1.54, 1.807) is 24.3 Å². The van der Waals surface area contributed by atoms with Crippen LogP contribution in [-0.4, -0.2) is 31.8 Å². The lowest BCUT2D eigenvalue weighted by atomic mass is 10.3. The summed E-state index contributed by atoms with van der Waals surface area (Å²) >= 11 is 5.85. The lowest BCUT2D eigenvalue weighted by molar-refractivity contribution is -0.131. The molecule has 0 fully saturated rings. The summed E-state index contributed by atoms with van der Waals surface area (Å²) in [4.78, 5) is 9.95. The minimum absolute atomic E-state index is 0.0114. The highest BCUT2D eigenvalue weighted by Crippen LogP contribution is 2.24. The van der Waals surface area contributed by atoms with Gasteiger partial charge in [-0.15, -0.1) is 0 Å². The van der Waals surface area contributed by atoms with Gasteiger partial charge in [0.25, 0.3) is 10.0 Å². The van der Waals surface area contributed by atoms with E-state index in [0.29, 0.717) is 10.8 Å². The summed E-state index contributed by atoms with van der Waals surface area (Å²) in [5.41, 5.74) is 0.0114. The van der Waals surface area contributed by atoms with Crippen molar-refractivity contribution in [3.63, 3.8) is 0 Å². The van der Waals surface area contributed by atoms with E-state index in [1.165, 1.54) is 0 Å². The minimum Gasteiger partial charge on any atom is -0.486 e. The number of ether oxygens (including phenoxy) is 1. The molecule has 0 radical (unpaired) electrons. The van der Waals surface area contributed by atoms with Gasteiger partial charge in [-0.25, -0.2) is 4.79 Å². The monoisotopic (exact) mass is 301 g/mol. The first kappa shape index (κ1) is 13.6. The van der Waals surface area contributed by atoms with Crippen molar-refractivity contribution in [2.75, 3.05) is 6.61 Å². The topological polar surface area (TPSA) is 93.0 Å². The van der Waals surface area contributed by atoms with E-state index in [-0.39, 0.29) is 12.3 Å². The second-order valence-corrected chi connectivity index (χ2v) is 5.57. The van der Waals surface area contributed by atoms with E-state index in [2.05, 4.69) is 4.40 Å². The number of carboxylic acids is 1. The van der Waals surface area contributed by atoms with Gasteiger partial charge < -0.3 is 9.84 Å². The SMILES string of the molecule is O=C(O)C1=CC(COc2ccccc2Cl)=NS1(=O)=O. The fourth-order valence-corrected chi connectivity index (χ4v) is 2.62. The van der Waals surface area contributed by atoms with Gasteiger partial charge in [-0.2, -0.15) is 12.8 Å². The second kappa shape index (κ2) is 5.02. The van der Waals surface area contributed by atoms with Crippen molar-refractivity contribution >= 4 is 33.3 Å². The smallest absolute Gasteiger partial charge is 0.349 e. The molecule has 1 heterocycles. The van der Waals surface area contributed by atoms with Crippen LogP contribution in [0.2, 0.25) is 5.02 Å². The summed E-state index contributed by atoms with van der Waals surface area (Å²) < 4.78 is 31.3.